The number of nitrogens with zero attached hydrogens (tertiary/aromatic N) is 2. The number of pyridine rings is 1. The van der Waals surface area contributed by atoms with Gasteiger partial charge in [-0.2, -0.15) is 0 Å². The fourth-order valence-corrected chi connectivity index (χ4v) is 5.04. The highest BCUT2D eigenvalue weighted by Gasteiger charge is 2.21. The second-order valence-corrected chi connectivity index (χ2v) is 9.40. The van der Waals surface area contributed by atoms with Crippen molar-refractivity contribution in [2.45, 2.75) is 4.90 Å². The number of carbonyl (C=O) groups excluding carboxylic acids is 1. The minimum absolute atomic E-state index is 0.0216. The highest BCUT2D eigenvalue weighted by Crippen LogP contribution is 2.30. The molecule has 2 aromatic carbocycles. The van der Waals surface area contributed by atoms with Crippen LogP contribution in [0.15, 0.2) is 65.1 Å². The number of amides is 1. The van der Waals surface area contributed by atoms with Crippen molar-refractivity contribution in [3.05, 3.63) is 75.8 Å². The number of sulfonamides is 1. The Labute approximate surface area is 185 Å². The third kappa shape index (κ3) is 4.10. The predicted octanol–water partition coefficient (Wildman–Crippen LogP) is 5.05. The van der Waals surface area contributed by atoms with E-state index in [0.717, 1.165) is 0 Å². The molecule has 2 aromatic heterocycles. The number of carbonyl (C=O) groups is 1. The molecule has 0 bridgehead atoms. The zero-order valence-electron chi connectivity index (χ0n) is 15.0. The summed E-state index contributed by atoms with van der Waals surface area (Å²) in [5.74, 6) is -0.433. The summed E-state index contributed by atoms with van der Waals surface area (Å²) in [4.78, 5) is 20.9. The van der Waals surface area contributed by atoms with Crippen LogP contribution >= 0.6 is 34.5 Å². The van der Waals surface area contributed by atoms with E-state index in [0.29, 0.717) is 27.2 Å². The van der Waals surface area contributed by atoms with Crippen molar-refractivity contribution in [2.75, 3.05) is 10.0 Å². The monoisotopic (exact) mass is 478 g/mol. The molecule has 0 saturated carbocycles. The average Bonchev–Trinajstić information content (AvgIpc) is 3.22. The van der Waals surface area contributed by atoms with Crippen LogP contribution < -0.4 is 10.0 Å². The van der Waals surface area contributed by atoms with Gasteiger partial charge >= 0.3 is 0 Å². The maximum Gasteiger partial charge on any atom is 0.264 e. The van der Waals surface area contributed by atoms with Gasteiger partial charge in [-0.05, 0) is 42.5 Å². The lowest BCUT2D eigenvalue weighted by Gasteiger charge is -2.12. The molecule has 4 aromatic rings. The second kappa shape index (κ2) is 8.19. The number of fused-ring (bicyclic) bond motifs is 1. The van der Waals surface area contributed by atoms with Crippen LogP contribution in [0.3, 0.4) is 0 Å². The van der Waals surface area contributed by atoms with Gasteiger partial charge in [0.2, 0.25) is 0 Å². The number of nitrogens with one attached hydrogen (secondary N) is 2. The molecule has 0 spiro atoms. The molecule has 2 N–H and O–H groups in total. The molecular formula is C19H12Cl2N4O3S2. The molecular weight excluding hydrogens is 467 g/mol. The van der Waals surface area contributed by atoms with E-state index in [1.165, 1.54) is 54.1 Å². The van der Waals surface area contributed by atoms with E-state index in [1.54, 1.807) is 17.5 Å². The van der Waals surface area contributed by atoms with E-state index >= 15 is 0 Å². The van der Waals surface area contributed by atoms with Crippen LogP contribution in [0.25, 0.3) is 10.9 Å². The summed E-state index contributed by atoms with van der Waals surface area (Å²) in [7, 11) is -3.90. The smallest absolute Gasteiger partial charge is 0.264 e. The van der Waals surface area contributed by atoms with Crippen LogP contribution in [0.4, 0.5) is 10.8 Å². The molecule has 11 heteroatoms. The number of halogens is 2. The van der Waals surface area contributed by atoms with Crippen molar-refractivity contribution in [2.24, 2.45) is 0 Å². The Morgan fingerprint density at radius 2 is 1.83 bits per heavy atom. The van der Waals surface area contributed by atoms with Crippen LogP contribution in [0.2, 0.25) is 10.0 Å². The number of anilines is 2. The summed E-state index contributed by atoms with van der Waals surface area (Å²) in [5.41, 5.74) is 0.985. The Morgan fingerprint density at radius 3 is 2.57 bits per heavy atom. The van der Waals surface area contributed by atoms with Crippen LogP contribution in [-0.4, -0.2) is 24.3 Å². The molecule has 7 nitrogen and oxygen atoms in total. The van der Waals surface area contributed by atoms with E-state index in [4.69, 9.17) is 23.2 Å². The fourth-order valence-electron chi connectivity index (χ4n) is 2.76. The summed E-state index contributed by atoms with van der Waals surface area (Å²) in [5, 5.41) is 5.61. The molecule has 1 amide bonds. The molecule has 30 heavy (non-hydrogen) atoms. The molecule has 2 heterocycles. The summed E-state index contributed by atoms with van der Waals surface area (Å²) >= 11 is 13.0. The summed E-state index contributed by atoms with van der Waals surface area (Å²) in [6, 6.07) is 10.6. The number of aromatic nitrogens is 2. The number of thiazole rings is 1. The zero-order chi connectivity index (χ0) is 21.3. The first-order valence-corrected chi connectivity index (χ1v) is 11.5. The lowest BCUT2D eigenvalue weighted by molar-refractivity contribution is 0.102. The first-order chi connectivity index (χ1) is 14.3. The second-order valence-electron chi connectivity index (χ2n) is 6.04. The van der Waals surface area contributed by atoms with E-state index in [9.17, 15) is 13.2 Å². The molecule has 4 rings (SSSR count). The first-order valence-electron chi connectivity index (χ1n) is 8.41. The maximum absolute atomic E-state index is 12.9. The first kappa shape index (κ1) is 20.5. The van der Waals surface area contributed by atoms with Crippen molar-refractivity contribution >= 4 is 72.2 Å². The molecule has 0 atom stereocenters. The summed E-state index contributed by atoms with van der Waals surface area (Å²) in [6.45, 7) is 0. The Morgan fingerprint density at radius 1 is 1.00 bits per heavy atom. The van der Waals surface area contributed by atoms with Crippen LogP contribution in [0, 0.1) is 0 Å². The zero-order valence-corrected chi connectivity index (χ0v) is 18.1. The molecule has 152 valence electrons. The van der Waals surface area contributed by atoms with Crippen molar-refractivity contribution in [1.82, 2.24) is 9.97 Å². The Kier molecular flexibility index (Phi) is 5.61. The number of hydrogen-bond acceptors (Lipinski definition) is 6. The Balaban J connectivity index is 1.72. The number of hydrogen-bond donors (Lipinski definition) is 2. The van der Waals surface area contributed by atoms with Crippen LogP contribution in [0.5, 0.6) is 0 Å². The van der Waals surface area contributed by atoms with Crippen LogP contribution in [-0.2, 0) is 10.0 Å². The van der Waals surface area contributed by atoms with E-state index in [-0.39, 0.29) is 15.0 Å². The van der Waals surface area contributed by atoms with Crippen molar-refractivity contribution in [3.8, 4) is 0 Å². The molecule has 0 fully saturated rings. The Bertz CT molecular complexity index is 1360. The predicted molar refractivity (Wildman–Crippen MR) is 119 cm³/mol. The highest BCUT2D eigenvalue weighted by atomic mass is 35.5. The largest absolute Gasteiger partial charge is 0.320 e. The molecule has 0 saturated heterocycles. The van der Waals surface area contributed by atoms with E-state index in [2.05, 4.69) is 20.0 Å². The lowest BCUT2D eigenvalue weighted by Crippen LogP contribution is -2.15. The van der Waals surface area contributed by atoms with Crippen molar-refractivity contribution in [1.29, 1.82) is 0 Å². The highest BCUT2D eigenvalue weighted by molar-refractivity contribution is 7.93. The van der Waals surface area contributed by atoms with Gasteiger partial charge in [0, 0.05) is 28.7 Å². The van der Waals surface area contributed by atoms with Gasteiger partial charge in [0.15, 0.2) is 5.13 Å². The molecule has 0 radical (unpaired) electrons. The van der Waals surface area contributed by atoms with Gasteiger partial charge < -0.3 is 5.32 Å². The Hall–Kier alpha value is -2.72. The minimum atomic E-state index is -3.90. The van der Waals surface area contributed by atoms with Gasteiger partial charge in [-0.25, -0.2) is 13.4 Å². The molecule has 0 aliphatic carbocycles. The van der Waals surface area contributed by atoms with Gasteiger partial charge in [0.25, 0.3) is 15.9 Å². The summed E-state index contributed by atoms with van der Waals surface area (Å²) < 4.78 is 28.1. The number of rotatable bonds is 5. The number of benzene rings is 2. The van der Waals surface area contributed by atoms with Gasteiger partial charge in [0.1, 0.15) is 0 Å². The topological polar surface area (TPSA) is 101 Å². The quantitative estimate of drug-likeness (QED) is 0.417. The summed E-state index contributed by atoms with van der Waals surface area (Å²) in [6.07, 6.45) is 3.02. The van der Waals surface area contributed by atoms with Gasteiger partial charge in [-0.3, -0.25) is 14.5 Å². The average molecular weight is 479 g/mol. The molecule has 0 unspecified atom stereocenters. The normalized spacial score (nSPS) is 11.4. The van der Waals surface area contributed by atoms with Gasteiger partial charge in [-0.15, -0.1) is 11.3 Å². The maximum atomic E-state index is 12.9. The van der Waals surface area contributed by atoms with Gasteiger partial charge in [-0.1, -0.05) is 23.2 Å². The van der Waals surface area contributed by atoms with Crippen LogP contribution in [0.1, 0.15) is 10.4 Å². The standard InChI is InChI=1S/C19H12Cl2N4O3S2/c20-13-4-3-11(10-14(13)21)18(26)24-15-5-6-16(12-2-1-7-22-17(12)15)30(27,28)25-19-23-8-9-29-19/h1-10H,(H,23,25)(H,24,26). The third-order valence-electron chi connectivity index (χ3n) is 4.10. The molecule has 0 aliphatic rings. The third-order valence-corrected chi connectivity index (χ3v) is 7.06. The molecule has 0 aliphatic heterocycles. The lowest BCUT2D eigenvalue weighted by atomic mass is 10.1. The van der Waals surface area contributed by atoms with Crippen molar-refractivity contribution in [3.63, 3.8) is 0 Å². The SMILES string of the molecule is O=C(Nc1ccc(S(=O)(=O)Nc2nccs2)c2cccnc12)c1ccc(Cl)c(Cl)c1. The fraction of sp³-hybridized carbons (Fsp3) is 0. The minimum Gasteiger partial charge on any atom is -0.320 e. The van der Waals surface area contributed by atoms with Gasteiger partial charge in [0.05, 0.1) is 26.1 Å². The van der Waals surface area contributed by atoms with Crippen molar-refractivity contribution < 1.29 is 13.2 Å². The van der Waals surface area contributed by atoms with E-state index < -0.39 is 15.9 Å². The van der Waals surface area contributed by atoms with E-state index in [1.807, 2.05) is 0 Å².